The van der Waals surface area contributed by atoms with Crippen molar-refractivity contribution in [2.24, 2.45) is 0 Å². The summed E-state index contributed by atoms with van der Waals surface area (Å²) >= 11 is 0. The maximum atomic E-state index is 11.8. The summed E-state index contributed by atoms with van der Waals surface area (Å²) < 4.78 is 15.4. The fraction of sp³-hybridized carbons (Fsp3) is 0.500. The highest BCUT2D eigenvalue weighted by molar-refractivity contribution is 5.67. The summed E-state index contributed by atoms with van der Waals surface area (Å²) in [7, 11) is 1.63. The highest BCUT2D eigenvalue weighted by Gasteiger charge is 2.21. The number of carbonyl (C=O) groups is 1. The van der Waals surface area contributed by atoms with Gasteiger partial charge in [0.15, 0.2) is 11.5 Å². The summed E-state index contributed by atoms with van der Waals surface area (Å²) in [6.07, 6.45) is -0.932. The van der Waals surface area contributed by atoms with Crippen LogP contribution < -0.4 is 9.47 Å². The van der Waals surface area contributed by atoms with Gasteiger partial charge in [0.2, 0.25) is 13.1 Å². The molecular formula is C14H19NO6. The molecule has 116 valence electrons. The van der Waals surface area contributed by atoms with Crippen molar-refractivity contribution in [3.05, 3.63) is 23.8 Å². The van der Waals surface area contributed by atoms with Crippen LogP contribution >= 0.6 is 0 Å². The second kappa shape index (κ2) is 6.64. The molecule has 1 aliphatic heterocycles. The first-order chi connectivity index (χ1) is 10.0. The van der Waals surface area contributed by atoms with Gasteiger partial charge in [0.25, 0.3) is 0 Å². The van der Waals surface area contributed by atoms with E-state index in [2.05, 4.69) is 4.89 Å². The molecule has 0 aliphatic carbocycles. The lowest BCUT2D eigenvalue weighted by Crippen LogP contribution is -2.38. The molecule has 7 nitrogen and oxygen atoms in total. The quantitative estimate of drug-likeness (QED) is 0.510. The molecule has 1 aliphatic rings. The second-order valence-corrected chi connectivity index (χ2v) is 4.91. The van der Waals surface area contributed by atoms with Gasteiger partial charge in [0.1, 0.15) is 0 Å². The number of amides is 1. The van der Waals surface area contributed by atoms with Crippen LogP contribution in [0.15, 0.2) is 18.2 Å². The number of ether oxygens (including phenoxy) is 3. The minimum Gasteiger partial charge on any atom is -0.454 e. The van der Waals surface area contributed by atoms with E-state index in [0.717, 1.165) is 11.3 Å². The van der Waals surface area contributed by atoms with E-state index in [1.807, 2.05) is 25.1 Å². The van der Waals surface area contributed by atoms with Gasteiger partial charge >= 0.3 is 6.09 Å². The minimum atomic E-state index is -1.00. The average molecular weight is 297 g/mol. The summed E-state index contributed by atoms with van der Waals surface area (Å²) in [4.78, 5) is 17.2. The van der Waals surface area contributed by atoms with Crippen molar-refractivity contribution in [2.45, 2.75) is 32.6 Å². The predicted molar refractivity (Wildman–Crippen MR) is 73.2 cm³/mol. The van der Waals surface area contributed by atoms with Crippen molar-refractivity contribution in [3.8, 4) is 11.5 Å². The number of rotatable bonds is 5. The van der Waals surface area contributed by atoms with Gasteiger partial charge in [0, 0.05) is 20.0 Å². The Morgan fingerprint density at radius 1 is 1.38 bits per heavy atom. The Hall–Kier alpha value is -1.99. The van der Waals surface area contributed by atoms with Crippen LogP contribution in [0.2, 0.25) is 0 Å². The van der Waals surface area contributed by atoms with Gasteiger partial charge in [-0.05, 0) is 31.0 Å². The second-order valence-electron chi connectivity index (χ2n) is 4.91. The highest BCUT2D eigenvalue weighted by atomic mass is 17.1. The maximum Gasteiger partial charge on any atom is 0.412 e. The van der Waals surface area contributed by atoms with Crippen LogP contribution in [0.5, 0.6) is 11.5 Å². The predicted octanol–water partition coefficient (Wildman–Crippen LogP) is 2.25. The van der Waals surface area contributed by atoms with E-state index in [4.69, 9.17) is 19.5 Å². The van der Waals surface area contributed by atoms with Gasteiger partial charge < -0.3 is 19.1 Å². The van der Waals surface area contributed by atoms with Gasteiger partial charge in [-0.1, -0.05) is 6.07 Å². The molecule has 0 fully saturated rings. The molecule has 1 aromatic rings. The molecule has 0 aromatic heterocycles. The summed E-state index contributed by atoms with van der Waals surface area (Å²) in [5, 5.41) is 8.41. The summed E-state index contributed by atoms with van der Waals surface area (Å²) in [5.41, 5.74) is 1.03. The SMILES string of the molecule is CC(OO)OC(=O)N(C)C(C)Cc1ccc2c(c1)OCO2. The highest BCUT2D eigenvalue weighted by Crippen LogP contribution is 2.32. The molecule has 0 saturated heterocycles. The lowest BCUT2D eigenvalue weighted by Gasteiger charge is -2.25. The minimum absolute atomic E-state index is 0.0937. The fourth-order valence-corrected chi connectivity index (χ4v) is 1.97. The van der Waals surface area contributed by atoms with Crippen molar-refractivity contribution in [1.29, 1.82) is 0 Å². The van der Waals surface area contributed by atoms with Gasteiger partial charge in [-0.3, -0.25) is 0 Å². The zero-order valence-corrected chi connectivity index (χ0v) is 12.2. The Bertz CT molecular complexity index is 506. The Kier molecular flexibility index (Phi) is 4.87. The lowest BCUT2D eigenvalue weighted by atomic mass is 10.1. The first-order valence-electron chi connectivity index (χ1n) is 6.63. The molecule has 2 rings (SSSR count). The van der Waals surface area contributed by atoms with Crippen molar-refractivity contribution in [2.75, 3.05) is 13.8 Å². The first kappa shape index (κ1) is 15.4. The van der Waals surface area contributed by atoms with Crippen LogP contribution in [0.4, 0.5) is 4.79 Å². The standard InChI is InChI=1S/C14H19NO6/c1-9(15(3)14(16)20-10(2)21-17)6-11-4-5-12-13(7-11)19-8-18-12/h4-5,7,9-10,17H,6,8H2,1-3H3. The molecule has 7 heteroatoms. The average Bonchev–Trinajstić information content (AvgIpc) is 2.93. The number of benzene rings is 1. The third kappa shape index (κ3) is 3.77. The molecule has 2 unspecified atom stereocenters. The van der Waals surface area contributed by atoms with Gasteiger partial charge in [-0.2, -0.15) is 4.89 Å². The smallest absolute Gasteiger partial charge is 0.412 e. The van der Waals surface area contributed by atoms with E-state index in [1.165, 1.54) is 11.8 Å². The molecule has 0 radical (unpaired) electrons. The number of likely N-dealkylation sites (N-methyl/N-ethyl adjacent to an activating group) is 1. The fourth-order valence-electron chi connectivity index (χ4n) is 1.97. The molecule has 1 heterocycles. The van der Waals surface area contributed by atoms with E-state index in [9.17, 15) is 4.79 Å². The molecular weight excluding hydrogens is 278 g/mol. The van der Waals surface area contributed by atoms with Crippen LogP contribution in [0.3, 0.4) is 0 Å². The van der Waals surface area contributed by atoms with Crippen molar-refractivity contribution >= 4 is 6.09 Å². The van der Waals surface area contributed by atoms with Crippen molar-refractivity contribution < 1.29 is 29.1 Å². The largest absolute Gasteiger partial charge is 0.454 e. The maximum absolute atomic E-state index is 11.8. The molecule has 1 N–H and O–H groups in total. The number of hydrogen-bond acceptors (Lipinski definition) is 6. The molecule has 0 bridgehead atoms. The van der Waals surface area contributed by atoms with Gasteiger partial charge in [-0.25, -0.2) is 10.1 Å². The zero-order valence-electron chi connectivity index (χ0n) is 12.2. The molecule has 2 atom stereocenters. The zero-order chi connectivity index (χ0) is 15.4. The lowest BCUT2D eigenvalue weighted by molar-refractivity contribution is -0.326. The van der Waals surface area contributed by atoms with Crippen LogP contribution in [0.1, 0.15) is 19.4 Å². The molecule has 0 spiro atoms. The molecule has 1 aromatic carbocycles. The third-order valence-electron chi connectivity index (χ3n) is 3.33. The van der Waals surface area contributed by atoms with Crippen molar-refractivity contribution in [3.63, 3.8) is 0 Å². The van der Waals surface area contributed by atoms with Crippen LogP contribution in [0, 0.1) is 0 Å². The van der Waals surface area contributed by atoms with Crippen LogP contribution in [-0.4, -0.2) is 42.4 Å². The Labute approximate surface area is 122 Å². The summed E-state index contributed by atoms with van der Waals surface area (Å²) in [6.45, 7) is 3.56. The number of fused-ring (bicyclic) bond motifs is 1. The monoisotopic (exact) mass is 297 g/mol. The number of carbonyl (C=O) groups excluding carboxylic acids is 1. The number of hydrogen-bond donors (Lipinski definition) is 1. The Morgan fingerprint density at radius 2 is 2.10 bits per heavy atom. The molecule has 21 heavy (non-hydrogen) atoms. The molecule has 1 amide bonds. The normalized spacial score (nSPS) is 15.4. The van der Waals surface area contributed by atoms with E-state index in [0.29, 0.717) is 12.2 Å². The molecule has 0 saturated carbocycles. The summed E-state index contributed by atoms with van der Waals surface area (Å²) in [5.74, 6) is 1.44. The van der Waals surface area contributed by atoms with E-state index >= 15 is 0 Å². The summed E-state index contributed by atoms with van der Waals surface area (Å²) in [6, 6.07) is 5.59. The first-order valence-corrected chi connectivity index (χ1v) is 6.63. The Morgan fingerprint density at radius 3 is 2.81 bits per heavy atom. The van der Waals surface area contributed by atoms with Gasteiger partial charge in [-0.15, -0.1) is 0 Å². The van der Waals surface area contributed by atoms with Crippen molar-refractivity contribution in [1.82, 2.24) is 4.90 Å². The van der Waals surface area contributed by atoms with E-state index in [-0.39, 0.29) is 12.8 Å². The topological polar surface area (TPSA) is 77.5 Å². The van der Waals surface area contributed by atoms with E-state index < -0.39 is 12.4 Å². The van der Waals surface area contributed by atoms with E-state index in [1.54, 1.807) is 7.05 Å². The van der Waals surface area contributed by atoms with Crippen LogP contribution in [-0.2, 0) is 16.0 Å². The van der Waals surface area contributed by atoms with Crippen LogP contribution in [0.25, 0.3) is 0 Å². The Balaban J connectivity index is 1.94. The number of nitrogens with zero attached hydrogens (tertiary/aromatic N) is 1. The van der Waals surface area contributed by atoms with Gasteiger partial charge in [0.05, 0.1) is 0 Å². The third-order valence-corrected chi connectivity index (χ3v) is 3.33.